The number of hydrogen-bond donors (Lipinski definition) is 1. The van der Waals surface area contributed by atoms with Gasteiger partial charge in [-0.15, -0.1) is 0 Å². The number of ether oxygens (including phenoxy) is 2. The molecule has 0 heterocycles. The SMILES string of the molecule is CCOc1ccc(Br)cc1C=NNC(=O)COc1ccc(C(C)CC)cc1. The molecule has 0 aliphatic carbocycles. The fraction of sp³-hybridized carbons (Fsp3) is 0.333. The highest BCUT2D eigenvalue weighted by atomic mass is 79.9. The van der Waals surface area contributed by atoms with Crippen molar-refractivity contribution < 1.29 is 14.3 Å². The molecule has 2 rings (SSSR count). The van der Waals surface area contributed by atoms with Crippen molar-refractivity contribution in [3.63, 3.8) is 0 Å². The number of nitrogens with zero attached hydrogens (tertiary/aromatic N) is 1. The van der Waals surface area contributed by atoms with E-state index in [9.17, 15) is 4.79 Å². The van der Waals surface area contributed by atoms with E-state index < -0.39 is 0 Å². The summed E-state index contributed by atoms with van der Waals surface area (Å²) in [4.78, 5) is 11.9. The summed E-state index contributed by atoms with van der Waals surface area (Å²) in [5, 5.41) is 3.98. The topological polar surface area (TPSA) is 59.9 Å². The Labute approximate surface area is 168 Å². The molecular weight excluding hydrogens is 408 g/mol. The van der Waals surface area contributed by atoms with Crippen molar-refractivity contribution in [2.45, 2.75) is 33.1 Å². The van der Waals surface area contributed by atoms with Crippen LogP contribution in [0.5, 0.6) is 11.5 Å². The molecule has 0 radical (unpaired) electrons. The van der Waals surface area contributed by atoms with Gasteiger partial charge in [0.15, 0.2) is 6.61 Å². The molecule has 0 saturated carbocycles. The van der Waals surface area contributed by atoms with E-state index in [1.807, 2.05) is 49.4 Å². The highest BCUT2D eigenvalue weighted by molar-refractivity contribution is 9.10. The summed E-state index contributed by atoms with van der Waals surface area (Å²) >= 11 is 3.41. The summed E-state index contributed by atoms with van der Waals surface area (Å²) in [6.07, 6.45) is 2.64. The number of rotatable bonds is 9. The van der Waals surface area contributed by atoms with Crippen LogP contribution in [0, 0.1) is 0 Å². The van der Waals surface area contributed by atoms with Gasteiger partial charge < -0.3 is 9.47 Å². The summed E-state index contributed by atoms with van der Waals surface area (Å²) in [5.41, 5.74) is 4.50. The van der Waals surface area contributed by atoms with Crippen LogP contribution in [0.25, 0.3) is 0 Å². The Kier molecular flexibility index (Phi) is 8.33. The van der Waals surface area contributed by atoms with Crippen LogP contribution in [0.4, 0.5) is 0 Å². The van der Waals surface area contributed by atoms with E-state index in [0.29, 0.717) is 24.0 Å². The van der Waals surface area contributed by atoms with Crippen molar-refractivity contribution in [3.05, 3.63) is 58.1 Å². The van der Waals surface area contributed by atoms with Gasteiger partial charge in [-0.05, 0) is 55.2 Å². The monoisotopic (exact) mass is 432 g/mol. The molecule has 0 aliphatic rings. The second-order valence-electron chi connectivity index (χ2n) is 6.08. The normalized spacial score (nSPS) is 12.0. The number of benzene rings is 2. The fourth-order valence-corrected chi connectivity index (χ4v) is 2.77. The van der Waals surface area contributed by atoms with Gasteiger partial charge in [-0.3, -0.25) is 4.79 Å². The minimum atomic E-state index is -0.329. The van der Waals surface area contributed by atoms with Crippen molar-refractivity contribution in [2.75, 3.05) is 13.2 Å². The third kappa shape index (κ3) is 6.71. The Bertz CT molecular complexity index is 775. The van der Waals surface area contributed by atoms with E-state index in [1.54, 1.807) is 6.21 Å². The molecule has 1 atom stereocenters. The van der Waals surface area contributed by atoms with Crippen LogP contribution < -0.4 is 14.9 Å². The minimum absolute atomic E-state index is 0.100. The zero-order chi connectivity index (χ0) is 19.6. The molecule has 6 heteroatoms. The molecule has 2 aromatic rings. The lowest BCUT2D eigenvalue weighted by molar-refractivity contribution is -0.123. The molecule has 1 N–H and O–H groups in total. The predicted molar refractivity (Wildman–Crippen MR) is 112 cm³/mol. The van der Waals surface area contributed by atoms with E-state index >= 15 is 0 Å². The van der Waals surface area contributed by atoms with Crippen molar-refractivity contribution in [1.29, 1.82) is 0 Å². The van der Waals surface area contributed by atoms with Gasteiger partial charge in [0.2, 0.25) is 0 Å². The second kappa shape index (κ2) is 10.7. The number of carbonyl (C=O) groups is 1. The first-order valence-corrected chi connectivity index (χ1v) is 9.79. The molecule has 1 amide bonds. The molecule has 0 aromatic heterocycles. The van der Waals surface area contributed by atoms with Crippen LogP contribution in [0.3, 0.4) is 0 Å². The molecule has 0 saturated heterocycles. The molecule has 0 spiro atoms. The number of hydrogen-bond acceptors (Lipinski definition) is 4. The van der Waals surface area contributed by atoms with Gasteiger partial charge in [-0.25, -0.2) is 5.43 Å². The third-order valence-electron chi connectivity index (χ3n) is 4.10. The highest BCUT2D eigenvalue weighted by Crippen LogP contribution is 2.22. The van der Waals surface area contributed by atoms with Crippen molar-refractivity contribution in [2.24, 2.45) is 5.10 Å². The first-order valence-electron chi connectivity index (χ1n) is 9.00. The number of nitrogens with one attached hydrogen (secondary N) is 1. The molecular formula is C21H25BrN2O3. The number of amides is 1. The Balaban J connectivity index is 1.86. The van der Waals surface area contributed by atoms with Crippen LogP contribution in [0.2, 0.25) is 0 Å². The Morgan fingerprint density at radius 3 is 2.59 bits per heavy atom. The molecule has 1 unspecified atom stereocenters. The van der Waals surface area contributed by atoms with Crippen LogP contribution >= 0.6 is 15.9 Å². The lowest BCUT2D eigenvalue weighted by atomic mass is 9.99. The molecule has 0 fully saturated rings. The molecule has 144 valence electrons. The molecule has 27 heavy (non-hydrogen) atoms. The van der Waals surface area contributed by atoms with Crippen LogP contribution in [-0.4, -0.2) is 25.3 Å². The van der Waals surface area contributed by atoms with Gasteiger partial charge in [0, 0.05) is 10.0 Å². The van der Waals surface area contributed by atoms with Crippen molar-refractivity contribution in [1.82, 2.24) is 5.43 Å². The summed E-state index contributed by atoms with van der Waals surface area (Å²) in [5.74, 6) is 1.55. The van der Waals surface area contributed by atoms with Gasteiger partial charge in [0.25, 0.3) is 5.91 Å². The Morgan fingerprint density at radius 1 is 1.19 bits per heavy atom. The highest BCUT2D eigenvalue weighted by Gasteiger charge is 2.05. The van der Waals surface area contributed by atoms with Crippen LogP contribution in [-0.2, 0) is 4.79 Å². The average molecular weight is 433 g/mol. The predicted octanol–water partition coefficient (Wildman–Crippen LogP) is 4.89. The van der Waals surface area contributed by atoms with E-state index in [0.717, 1.165) is 16.5 Å². The maximum absolute atomic E-state index is 11.9. The zero-order valence-corrected chi connectivity index (χ0v) is 17.5. The number of halogens is 1. The Morgan fingerprint density at radius 2 is 1.93 bits per heavy atom. The quantitative estimate of drug-likeness (QED) is 0.453. The first kappa shape index (κ1) is 21.0. The van der Waals surface area contributed by atoms with Crippen LogP contribution in [0.15, 0.2) is 52.0 Å². The largest absolute Gasteiger partial charge is 0.493 e. The van der Waals surface area contributed by atoms with Gasteiger partial charge in [0.1, 0.15) is 11.5 Å². The van der Waals surface area contributed by atoms with Gasteiger partial charge >= 0.3 is 0 Å². The van der Waals surface area contributed by atoms with Crippen molar-refractivity contribution >= 4 is 28.1 Å². The molecule has 0 aliphatic heterocycles. The number of carbonyl (C=O) groups excluding carboxylic acids is 1. The maximum atomic E-state index is 11.9. The first-order chi connectivity index (χ1) is 13.0. The second-order valence-corrected chi connectivity index (χ2v) is 6.99. The minimum Gasteiger partial charge on any atom is -0.493 e. The van der Waals surface area contributed by atoms with Gasteiger partial charge in [-0.1, -0.05) is 41.9 Å². The standard InChI is InChI=1S/C21H25BrN2O3/c1-4-15(3)16-6-9-19(10-7-16)27-14-21(25)24-23-13-17-12-18(22)8-11-20(17)26-5-2/h6-13,15H,4-5,14H2,1-3H3,(H,24,25). The average Bonchev–Trinajstić information content (AvgIpc) is 2.68. The number of hydrazone groups is 1. The van der Waals surface area contributed by atoms with E-state index in [-0.39, 0.29) is 12.5 Å². The summed E-state index contributed by atoms with van der Waals surface area (Å²) in [6.45, 7) is 6.71. The smallest absolute Gasteiger partial charge is 0.277 e. The maximum Gasteiger partial charge on any atom is 0.277 e. The fourth-order valence-electron chi connectivity index (χ4n) is 2.39. The van der Waals surface area contributed by atoms with E-state index in [2.05, 4.69) is 40.3 Å². The van der Waals surface area contributed by atoms with E-state index in [1.165, 1.54) is 5.56 Å². The molecule has 0 bridgehead atoms. The molecule has 2 aromatic carbocycles. The lowest BCUT2D eigenvalue weighted by Crippen LogP contribution is -2.24. The summed E-state index contributed by atoms with van der Waals surface area (Å²) in [7, 11) is 0. The van der Waals surface area contributed by atoms with Gasteiger partial charge in [0.05, 0.1) is 12.8 Å². The van der Waals surface area contributed by atoms with Crippen molar-refractivity contribution in [3.8, 4) is 11.5 Å². The van der Waals surface area contributed by atoms with Gasteiger partial charge in [-0.2, -0.15) is 5.10 Å². The van der Waals surface area contributed by atoms with Crippen LogP contribution in [0.1, 0.15) is 44.2 Å². The third-order valence-corrected chi connectivity index (χ3v) is 4.59. The van der Waals surface area contributed by atoms with E-state index in [4.69, 9.17) is 9.47 Å². The lowest BCUT2D eigenvalue weighted by Gasteiger charge is -2.10. The Hall–Kier alpha value is -2.34. The summed E-state index contributed by atoms with van der Waals surface area (Å²) < 4.78 is 11.9. The summed E-state index contributed by atoms with van der Waals surface area (Å²) in [6, 6.07) is 13.4. The zero-order valence-electron chi connectivity index (χ0n) is 15.9. The molecule has 5 nitrogen and oxygen atoms in total.